The van der Waals surface area contributed by atoms with Crippen molar-refractivity contribution in [3.8, 4) is 16.9 Å². The second kappa shape index (κ2) is 9.26. The van der Waals surface area contributed by atoms with Crippen molar-refractivity contribution in [1.82, 2.24) is 5.32 Å². The van der Waals surface area contributed by atoms with Crippen molar-refractivity contribution in [3.63, 3.8) is 0 Å². The molecule has 2 rings (SSSR count). The van der Waals surface area contributed by atoms with Crippen molar-refractivity contribution in [2.75, 3.05) is 7.11 Å². The van der Waals surface area contributed by atoms with Crippen LogP contribution < -0.4 is 5.32 Å². The Bertz CT molecular complexity index is 852. The van der Waals surface area contributed by atoms with Crippen molar-refractivity contribution >= 4 is 5.97 Å². The predicted molar refractivity (Wildman–Crippen MR) is 101 cm³/mol. The number of carbonyl (C=O) groups is 1. The summed E-state index contributed by atoms with van der Waals surface area (Å²) in [7, 11) is 1.10. The molecule has 0 aromatic heterocycles. The molecule has 0 bridgehead atoms. The Morgan fingerprint density at radius 1 is 1.14 bits per heavy atom. The molecule has 8 heteroatoms. The Kier molecular flexibility index (Phi) is 7.24. The summed E-state index contributed by atoms with van der Waals surface area (Å²) in [6.07, 6.45) is -4.65. The molecule has 0 heterocycles. The number of hydrogen-bond acceptors (Lipinski definition) is 4. The second-order valence-electron chi connectivity index (χ2n) is 7.10. The molecular formula is C21H23F4NO3. The highest BCUT2D eigenvalue weighted by atomic mass is 19.4. The minimum atomic E-state index is -4.77. The first-order valence-electron chi connectivity index (χ1n) is 9.03. The lowest BCUT2D eigenvalue weighted by Gasteiger charge is -2.27. The Labute approximate surface area is 166 Å². The molecule has 4 nitrogen and oxygen atoms in total. The van der Waals surface area contributed by atoms with Gasteiger partial charge in [0.1, 0.15) is 23.7 Å². The van der Waals surface area contributed by atoms with Crippen molar-refractivity contribution in [2.45, 2.75) is 38.5 Å². The molecule has 158 valence electrons. The van der Waals surface area contributed by atoms with Crippen molar-refractivity contribution in [2.24, 2.45) is 5.92 Å². The zero-order chi connectivity index (χ0) is 21.8. The molecule has 2 aromatic rings. The van der Waals surface area contributed by atoms with Crippen LogP contribution in [-0.4, -0.2) is 30.4 Å². The highest BCUT2D eigenvalue weighted by Gasteiger charge is 2.43. The van der Waals surface area contributed by atoms with E-state index in [2.05, 4.69) is 10.1 Å². The van der Waals surface area contributed by atoms with E-state index < -0.39 is 30.0 Å². The Morgan fingerprint density at radius 3 is 2.31 bits per heavy atom. The minimum absolute atomic E-state index is 0.0283. The molecule has 0 fully saturated rings. The van der Waals surface area contributed by atoms with Crippen molar-refractivity contribution in [3.05, 3.63) is 53.8 Å². The number of alkyl halides is 3. The zero-order valence-electron chi connectivity index (χ0n) is 16.3. The predicted octanol–water partition coefficient (Wildman–Crippen LogP) is 4.98. The van der Waals surface area contributed by atoms with Crippen molar-refractivity contribution in [1.29, 1.82) is 0 Å². The molecule has 0 spiro atoms. The van der Waals surface area contributed by atoms with Gasteiger partial charge in [-0.3, -0.25) is 10.1 Å². The fourth-order valence-electron chi connectivity index (χ4n) is 3.06. The lowest BCUT2D eigenvalue weighted by molar-refractivity contribution is -0.164. The summed E-state index contributed by atoms with van der Waals surface area (Å²) in [6, 6.07) is 5.54. The molecule has 0 aliphatic rings. The van der Waals surface area contributed by atoms with E-state index in [4.69, 9.17) is 0 Å². The number of phenolic OH excluding ortho intramolecular Hbond substituents is 1. The number of para-hydroxylation sites is 1. The lowest BCUT2D eigenvalue weighted by Crippen LogP contribution is -2.45. The quantitative estimate of drug-likeness (QED) is 0.497. The van der Waals surface area contributed by atoms with Gasteiger partial charge in [-0.2, -0.15) is 13.2 Å². The summed E-state index contributed by atoms with van der Waals surface area (Å²) in [4.78, 5) is 11.9. The Hall–Kier alpha value is -2.61. The number of methoxy groups -OCH3 is 1. The number of rotatable bonds is 7. The number of ether oxygens (including phenoxy) is 1. The standard InChI is InChI=1S/C21H23F4NO3/c1-12(2)10-17(20(28)29-3)26-19(21(23,24)25)13-8-9-14(16(22)11-13)15-6-4-5-7-18(15)27/h4-9,11-12,17,19,26-27H,10H2,1-3H3. The van der Waals surface area contributed by atoms with E-state index in [1.165, 1.54) is 18.2 Å². The highest BCUT2D eigenvalue weighted by molar-refractivity contribution is 5.75. The molecule has 2 N–H and O–H groups in total. The maximum absolute atomic E-state index is 14.6. The van der Waals surface area contributed by atoms with Crippen LogP contribution in [-0.2, 0) is 9.53 Å². The van der Waals surface area contributed by atoms with E-state index in [-0.39, 0.29) is 34.8 Å². The van der Waals surface area contributed by atoms with Gasteiger partial charge in [-0.15, -0.1) is 0 Å². The molecule has 0 aliphatic heterocycles. The maximum Gasteiger partial charge on any atom is 0.407 e. The van der Waals surface area contributed by atoms with Gasteiger partial charge in [0.05, 0.1) is 7.11 Å². The normalized spacial score (nSPS) is 13.9. The maximum atomic E-state index is 14.6. The third-order valence-electron chi connectivity index (χ3n) is 4.41. The van der Waals surface area contributed by atoms with Crippen LogP contribution >= 0.6 is 0 Å². The number of hydrogen-bond donors (Lipinski definition) is 2. The SMILES string of the molecule is COC(=O)C(CC(C)C)NC(c1ccc(-c2ccccc2O)c(F)c1)C(F)(F)F. The van der Waals surface area contributed by atoms with Crippen molar-refractivity contribution < 1.29 is 32.2 Å². The van der Waals surface area contributed by atoms with Gasteiger partial charge in [0.25, 0.3) is 0 Å². The summed E-state index contributed by atoms with van der Waals surface area (Å²) in [5.41, 5.74) is -0.244. The minimum Gasteiger partial charge on any atom is -0.507 e. The first-order chi connectivity index (χ1) is 13.5. The molecule has 2 aromatic carbocycles. The van der Waals surface area contributed by atoms with Crippen LogP contribution in [0.2, 0.25) is 0 Å². The van der Waals surface area contributed by atoms with Crippen LogP contribution in [0.25, 0.3) is 11.1 Å². The van der Waals surface area contributed by atoms with E-state index in [1.54, 1.807) is 26.0 Å². The molecule has 0 saturated carbocycles. The third kappa shape index (κ3) is 5.69. The van der Waals surface area contributed by atoms with Gasteiger partial charge in [-0.1, -0.05) is 44.2 Å². The summed E-state index contributed by atoms with van der Waals surface area (Å²) in [5.74, 6) is -1.99. The highest BCUT2D eigenvalue weighted by Crippen LogP contribution is 2.37. The molecule has 2 unspecified atom stereocenters. The van der Waals surface area contributed by atoms with Gasteiger partial charge >= 0.3 is 12.1 Å². The number of benzene rings is 2. The van der Waals surface area contributed by atoms with Gasteiger partial charge in [-0.25, -0.2) is 4.39 Å². The van der Waals surface area contributed by atoms with Gasteiger partial charge in [0.15, 0.2) is 0 Å². The van der Waals surface area contributed by atoms with E-state index in [0.717, 1.165) is 19.2 Å². The van der Waals surface area contributed by atoms with Crippen LogP contribution in [0.1, 0.15) is 31.9 Å². The first-order valence-corrected chi connectivity index (χ1v) is 9.03. The molecule has 0 saturated heterocycles. The van der Waals surface area contributed by atoms with Crippen LogP contribution in [0.5, 0.6) is 5.75 Å². The van der Waals surface area contributed by atoms with Crippen LogP contribution in [0.4, 0.5) is 17.6 Å². The average molecular weight is 413 g/mol. The molecule has 0 aliphatic carbocycles. The topological polar surface area (TPSA) is 58.6 Å². The number of nitrogens with one attached hydrogen (secondary N) is 1. The van der Waals surface area contributed by atoms with Gasteiger partial charge < -0.3 is 9.84 Å². The number of halogens is 4. The average Bonchev–Trinajstić information content (AvgIpc) is 2.64. The van der Waals surface area contributed by atoms with E-state index >= 15 is 0 Å². The molecule has 29 heavy (non-hydrogen) atoms. The number of aromatic hydroxyl groups is 1. The second-order valence-corrected chi connectivity index (χ2v) is 7.10. The van der Waals surface area contributed by atoms with Gasteiger partial charge in [0.2, 0.25) is 0 Å². The number of phenols is 1. The molecule has 2 atom stereocenters. The summed E-state index contributed by atoms with van der Waals surface area (Å²) in [5, 5.41) is 12.2. The number of esters is 1. The molecule has 0 amide bonds. The Balaban J connectivity index is 2.42. The smallest absolute Gasteiger partial charge is 0.407 e. The molecular weight excluding hydrogens is 390 g/mol. The summed E-state index contributed by atoms with van der Waals surface area (Å²) in [6.45, 7) is 3.53. The Morgan fingerprint density at radius 2 is 1.79 bits per heavy atom. The van der Waals surface area contributed by atoms with Gasteiger partial charge in [0, 0.05) is 11.1 Å². The fourth-order valence-corrected chi connectivity index (χ4v) is 3.06. The summed E-state index contributed by atoms with van der Waals surface area (Å²) >= 11 is 0. The summed E-state index contributed by atoms with van der Waals surface area (Å²) < 4.78 is 60.4. The lowest BCUT2D eigenvalue weighted by atomic mass is 9.97. The number of carbonyl (C=O) groups excluding carboxylic acids is 1. The first kappa shape index (κ1) is 22.7. The zero-order valence-corrected chi connectivity index (χ0v) is 16.3. The van der Waals surface area contributed by atoms with E-state index in [9.17, 15) is 27.5 Å². The largest absolute Gasteiger partial charge is 0.507 e. The molecule has 0 radical (unpaired) electrons. The van der Waals surface area contributed by atoms with Crippen LogP contribution in [0.15, 0.2) is 42.5 Å². The fraction of sp³-hybridized carbons (Fsp3) is 0.381. The van der Waals surface area contributed by atoms with Crippen LogP contribution in [0.3, 0.4) is 0 Å². The van der Waals surface area contributed by atoms with E-state index in [1.807, 2.05) is 0 Å². The monoisotopic (exact) mass is 413 g/mol. The third-order valence-corrected chi connectivity index (χ3v) is 4.41. The van der Waals surface area contributed by atoms with Gasteiger partial charge in [-0.05, 0) is 30.0 Å². The van der Waals surface area contributed by atoms with E-state index in [0.29, 0.717) is 0 Å². The van der Waals surface area contributed by atoms with Crippen LogP contribution in [0, 0.1) is 11.7 Å².